The molecule has 2 bridgehead atoms. The molecule has 0 aromatic carbocycles. The van der Waals surface area contributed by atoms with Crippen LogP contribution in [0.5, 0.6) is 0 Å². The summed E-state index contributed by atoms with van der Waals surface area (Å²) in [6.07, 6.45) is 6.12. The Kier molecular flexibility index (Phi) is 1.67. The minimum atomic E-state index is 0.419. The number of rotatable bonds is 1. The van der Waals surface area contributed by atoms with Crippen molar-refractivity contribution >= 4 is 11.6 Å². The summed E-state index contributed by atoms with van der Waals surface area (Å²) in [6.45, 7) is 0. The molecule has 3 aliphatic carbocycles. The smallest absolute Gasteiger partial charge is 0.0952 e. The van der Waals surface area contributed by atoms with E-state index in [1.807, 2.05) is 0 Å². The summed E-state index contributed by atoms with van der Waals surface area (Å²) >= 11 is 6.31. The number of halogens is 1. The van der Waals surface area contributed by atoms with Gasteiger partial charge in [-0.25, -0.2) is 0 Å². The molecule has 1 nitrogen and oxygen atoms in total. The SMILES string of the molecule is COC1=CC[C@H]2[C@H]3C[C@@H]([C@@H]12)[C@@H](Cl)C3. The molecule has 0 radical (unpaired) electrons. The third kappa shape index (κ3) is 0.942. The number of methoxy groups -OCH3 is 1. The first kappa shape index (κ1) is 8.16. The first-order chi connectivity index (χ1) is 6.31. The van der Waals surface area contributed by atoms with Crippen molar-refractivity contribution in [2.75, 3.05) is 7.11 Å². The Balaban J connectivity index is 1.90. The monoisotopic (exact) mass is 198 g/mol. The normalized spacial score (nSPS) is 52.2. The van der Waals surface area contributed by atoms with Crippen LogP contribution in [0.25, 0.3) is 0 Å². The maximum atomic E-state index is 6.31. The van der Waals surface area contributed by atoms with Crippen LogP contribution in [0, 0.1) is 23.7 Å². The summed E-state index contributed by atoms with van der Waals surface area (Å²) in [5.74, 6) is 4.37. The van der Waals surface area contributed by atoms with Gasteiger partial charge in [0.2, 0.25) is 0 Å². The molecular weight excluding hydrogens is 184 g/mol. The summed E-state index contributed by atoms with van der Waals surface area (Å²) in [6, 6.07) is 0. The van der Waals surface area contributed by atoms with Crippen molar-refractivity contribution in [1.29, 1.82) is 0 Å². The summed E-state index contributed by atoms with van der Waals surface area (Å²) in [7, 11) is 1.80. The molecule has 0 aliphatic heterocycles. The lowest BCUT2D eigenvalue weighted by molar-refractivity contribution is 0.182. The maximum Gasteiger partial charge on any atom is 0.0952 e. The van der Waals surface area contributed by atoms with E-state index < -0.39 is 0 Å². The summed E-state index contributed by atoms with van der Waals surface area (Å²) < 4.78 is 5.43. The maximum absolute atomic E-state index is 6.31. The zero-order valence-electron chi connectivity index (χ0n) is 7.87. The van der Waals surface area contributed by atoms with Crippen LogP contribution in [0.2, 0.25) is 0 Å². The van der Waals surface area contributed by atoms with Crippen LogP contribution in [0.4, 0.5) is 0 Å². The number of fused-ring (bicyclic) bond motifs is 5. The molecule has 0 N–H and O–H groups in total. The molecule has 2 heteroatoms. The third-order valence-electron chi connectivity index (χ3n) is 4.25. The predicted molar refractivity (Wildman–Crippen MR) is 52.5 cm³/mol. The highest BCUT2D eigenvalue weighted by molar-refractivity contribution is 6.21. The second kappa shape index (κ2) is 2.66. The van der Waals surface area contributed by atoms with E-state index in [0.717, 1.165) is 11.8 Å². The number of ether oxygens (including phenoxy) is 1. The van der Waals surface area contributed by atoms with Crippen LogP contribution in [-0.4, -0.2) is 12.5 Å². The summed E-state index contributed by atoms with van der Waals surface area (Å²) in [5, 5.41) is 0.419. The van der Waals surface area contributed by atoms with Crippen LogP contribution in [0.1, 0.15) is 19.3 Å². The third-order valence-corrected chi connectivity index (χ3v) is 4.75. The van der Waals surface area contributed by atoms with Gasteiger partial charge in [0, 0.05) is 11.3 Å². The molecule has 0 saturated heterocycles. The van der Waals surface area contributed by atoms with Crippen molar-refractivity contribution in [3.8, 4) is 0 Å². The van der Waals surface area contributed by atoms with Gasteiger partial charge in [-0.1, -0.05) is 0 Å². The highest BCUT2D eigenvalue weighted by Gasteiger charge is 2.55. The van der Waals surface area contributed by atoms with Gasteiger partial charge in [0.25, 0.3) is 0 Å². The molecule has 0 spiro atoms. The first-order valence-corrected chi connectivity index (χ1v) is 5.63. The number of hydrogen-bond acceptors (Lipinski definition) is 1. The molecule has 0 aromatic rings. The molecular formula is C11H15ClO. The topological polar surface area (TPSA) is 9.23 Å². The average Bonchev–Trinajstić information content (AvgIpc) is 2.71. The van der Waals surface area contributed by atoms with Gasteiger partial charge in [0.1, 0.15) is 0 Å². The van der Waals surface area contributed by atoms with Gasteiger partial charge in [-0.05, 0) is 43.1 Å². The van der Waals surface area contributed by atoms with E-state index in [9.17, 15) is 0 Å². The Morgan fingerprint density at radius 3 is 3.00 bits per heavy atom. The molecule has 0 heterocycles. The van der Waals surface area contributed by atoms with Crippen molar-refractivity contribution < 1.29 is 4.74 Å². The largest absolute Gasteiger partial charge is 0.501 e. The zero-order chi connectivity index (χ0) is 9.00. The highest BCUT2D eigenvalue weighted by atomic mass is 35.5. The van der Waals surface area contributed by atoms with Crippen molar-refractivity contribution in [3.05, 3.63) is 11.8 Å². The van der Waals surface area contributed by atoms with Crippen LogP contribution >= 0.6 is 11.6 Å². The van der Waals surface area contributed by atoms with Crippen molar-refractivity contribution in [3.63, 3.8) is 0 Å². The minimum Gasteiger partial charge on any atom is -0.501 e. The summed E-state index contributed by atoms with van der Waals surface area (Å²) in [4.78, 5) is 0. The minimum absolute atomic E-state index is 0.419. The van der Waals surface area contributed by atoms with E-state index in [1.54, 1.807) is 7.11 Å². The van der Waals surface area contributed by atoms with Crippen molar-refractivity contribution in [2.45, 2.75) is 24.6 Å². The molecule has 3 rings (SSSR count). The molecule has 0 amide bonds. The Morgan fingerprint density at radius 1 is 1.38 bits per heavy atom. The van der Waals surface area contributed by atoms with Crippen LogP contribution in [0.3, 0.4) is 0 Å². The van der Waals surface area contributed by atoms with Gasteiger partial charge in [0.05, 0.1) is 12.9 Å². The van der Waals surface area contributed by atoms with E-state index in [4.69, 9.17) is 16.3 Å². The van der Waals surface area contributed by atoms with Gasteiger partial charge >= 0.3 is 0 Å². The fourth-order valence-electron chi connectivity index (χ4n) is 3.76. The first-order valence-electron chi connectivity index (χ1n) is 5.19. The van der Waals surface area contributed by atoms with Crippen molar-refractivity contribution in [2.24, 2.45) is 23.7 Å². The zero-order valence-corrected chi connectivity index (χ0v) is 8.63. The molecule has 5 atom stereocenters. The Hall–Kier alpha value is -0.170. The second-order valence-electron chi connectivity index (χ2n) is 4.65. The average molecular weight is 199 g/mol. The van der Waals surface area contributed by atoms with E-state index in [0.29, 0.717) is 17.2 Å². The lowest BCUT2D eigenvalue weighted by atomic mass is 9.80. The van der Waals surface area contributed by atoms with Gasteiger partial charge in [-0.15, -0.1) is 11.6 Å². The fourth-order valence-corrected chi connectivity index (χ4v) is 4.25. The van der Waals surface area contributed by atoms with Crippen molar-refractivity contribution in [1.82, 2.24) is 0 Å². The lowest BCUT2D eigenvalue weighted by Gasteiger charge is -2.29. The van der Waals surface area contributed by atoms with Crippen LogP contribution in [0.15, 0.2) is 11.8 Å². The quantitative estimate of drug-likeness (QED) is 0.589. The van der Waals surface area contributed by atoms with E-state index in [-0.39, 0.29) is 0 Å². The summed E-state index contributed by atoms with van der Waals surface area (Å²) in [5.41, 5.74) is 0. The molecule has 3 aliphatic rings. The highest BCUT2D eigenvalue weighted by Crippen LogP contribution is 2.60. The van der Waals surface area contributed by atoms with Gasteiger partial charge < -0.3 is 4.74 Å². The van der Waals surface area contributed by atoms with Gasteiger partial charge in [-0.3, -0.25) is 0 Å². The molecule has 0 aromatic heterocycles. The molecule has 0 unspecified atom stereocenters. The molecule has 72 valence electrons. The van der Waals surface area contributed by atoms with E-state index in [1.165, 1.54) is 25.0 Å². The molecule has 2 saturated carbocycles. The van der Waals surface area contributed by atoms with Crippen LogP contribution in [-0.2, 0) is 4.74 Å². The second-order valence-corrected chi connectivity index (χ2v) is 5.21. The molecule has 2 fully saturated rings. The predicted octanol–water partition coefficient (Wildman–Crippen LogP) is 2.80. The number of alkyl halides is 1. The van der Waals surface area contributed by atoms with E-state index in [2.05, 4.69) is 6.08 Å². The number of allylic oxidation sites excluding steroid dienone is 2. The van der Waals surface area contributed by atoms with Gasteiger partial charge in [-0.2, -0.15) is 0 Å². The Bertz CT molecular complexity index is 261. The Labute approximate surface area is 84.1 Å². The van der Waals surface area contributed by atoms with Gasteiger partial charge in [0.15, 0.2) is 0 Å². The van der Waals surface area contributed by atoms with E-state index >= 15 is 0 Å². The fraction of sp³-hybridized carbons (Fsp3) is 0.818. The standard InChI is InChI=1S/C11H15ClO/c1-13-10-3-2-7-6-4-8(11(7)10)9(12)5-6/h3,6-9,11H,2,4-5H2,1H3/t6-,7-,8+,9-,11-/m0/s1. The lowest BCUT2D eigenvalue weighted by Crippen LogP contribution is -2.27. The molecule has 13 heavy (non-hydrogen) atoms. The van der Waals surface area contributed by atoms with Crippen LogP contribution < -0.4 is 0 Å². The Morgan fingerprint density at radius 2 is 2.23 bits per heavy atom. The number of hydrogen-bond donors (Lipinski definition) is 0.